The molecule has 19 heavy (non-hydrogen) atoms. The number of hydrogen-bond donors (Lipinski definition) is 2. The average Bonchev–Trinajstić information content (AvgIpc) is 2.39. The molecular formula is C15H17IN2O. The molecule has 0 spiro atoms. The summed E-state index contributed by atoms with van der Waals surface area (Å²) in [6.07, 6.45) is 0. The normalized spacial score (nSPS) is 10.4. The molecule has 0 radical (unpaired) electrons. The molecule has 100 valence electrons. The van der Waals surface area contributed by atoms with Gasteiger partial charge in [0.25, 0.3) is 0 Å². The number of anilines is 2. The number of nitrogens with two attached hydrogens (primary N) is 1. The van der Waals surface area contributed by atoms with Crippen LogP contribution in [-0.2, 0) is 6.54 Å². The highest BCUT2D eigenvalue weighted by molar-refractivity contribution is 14.1. The summed E-state index contributed by atoms with van der Waals surface area (Å²) in [5.41, 5.74) is 9.00. The van der Waals surface area contributed by atoms with Crippen molar-refractivity contribution < 1.29 is 5.11 Å². The Labute approximate surface area is 127 Å². The van der Waals surface area contributed by atoms with Gasteiger partial charge >= 0.3 is 0 Å². The van der Waals surface area contributed by atoms with Gasteiger partial charge in [0.2, 0.25) is 0 Å². The van der Waals surface area contributed by atoms with E-state index in [-0.39, 0.29) is 6.61 Å². The lowest BCUT2D eigenvalue weighted by molar-refractivity contribution is 0.301. The fraction of sp³-hybridized carbons (Fsp3) is 0.200. The Morgan fingerprint density at radius 2 is 1.84 bits per heavy atom. The molecule has 3 nitrogen and oxygen atoms in total. The highest BCUT2D eigenvalue weighted by Crippen LogP contribution is 2.26. The predicted molar refractivity (Wildman–Crippen MR) is 88.1 cm³/mol. The van der Waals surface area contributed by atoms with Crippen LogP contribution in [0.4, 0.5) is 11.4 Å². The largest absolute Gasteiger partial charge is 0.397 e. The van der Waals surface area contributed by atoms with E-state index in [9.17, 15) is 5.11 Å². The number of rotatable bonds is 5. The summed E-state index contributed by atoms with van der Waals surface area (Å²) in [7, 11) is 0. The number of halogens is 1. The molecular weight excluding hydrogens is 351 g/mol. The average molecular weight is 368 g/mol. The minimum atomic E-state index is 0.109. The number of nitrogens with zero attached hydrogens (tertiary/aromatic N) is 1. The van der Waals surface area contributed by atoms with Gasteiger partial charge in [0.1, 0.15) is 0 Å². The minimum Gasteiger partial charge on any atom is -0.397 e. The van der Waals surface area contributed by atoms with Gasteiger partial charge < -0.3 is 15.7 Å². The Balaban J connectivity index is 2.24. The Kier molecular flexibility index (Phi) is 5.04. The summed E-state index contributed by atoms with van der Waals surface area (Å²) < 4.78 is 1.11. The maximum Gasteiger partial charge on any atom is 0.0606 e. The molecule has 0 bridgehead atoms. The SMILES string of the molecule is Nc1cc(I)ccc1N(CCO)Cc1ccccc1. The van der Waals surface area contributed by atoms with Crippen molar-refractivity contribution in [3.05, 3.63) is 57.7 Å². The zero-order valence-corrected chi connectivity index (χ0v) is 12.7. The zero-order valence-electron chi connectivity index (χ0n) is 10.6. The molecule has 0 aliphatic heterocycles. The minimum absolute atomic E-state index is 0.109. The van der Waals surface area contributed by atoms with E-state index in [2.05, 4.69) is 39.6 Å². The van der Waals surface area contributed by atoms with Crippen molar-refractivity contribution in [1.29, 1.82) is 0 Å². The van der Waals surface area contributed by atoms with Crippen molar-refractivity contribution in [3.63, 3.8) is 0 Å². The van der Waals surface area contributed by atoms with Gasteiger partial charge in [-0.1, -0.05) is 30.3 Å². The predicted octanol–water partition coefficient (Wildman–Crippen LogP) is 2.87. The summed E-state index contributed by atoms with van der Waals surface area (Å²) in [4.78, 5) is 2.10. The van der Waals surface area contributed by atoms with Crippen LogP contribution in [0.15, 0.2) is 48.5 Å². The summed E-state index contributed by atoms with van der Waals surface area (Å²) in [5.74, 6) is 0. The summed E-state index contributed by atoms with van der Waals surface area (Å²) in [5, 5.41) is 9.24. The molecule has 4 heteroatoms. The van der Waals surface area contributed by atoms with Crippen LogP contribution in [-0.4, -0.2) is 18.3 Å². The van der Waals surface area contributed by atoms with Crippen LogP contribution in [0, 0.1) is 3.57 Å². The first-order chi connectivity index (χ1) is 9.20. The lowest BCUT2D eigenvalue weighted by Crippen LogP contribution is -2.26. The third-order valence-electron chi connectivity index (χ3n) is 2.92. The monoisotopic (exact) mass is 368 g/mol. The second-order valence-electron chi connectivity index (χ2n) is 4.33. The molecule has 2 aromatic rings. The first-order valence-electron chi connectivity index (χ1n) is 6.15. The summed E-state index contributed by atoms with van der Waals surface area (Å²) in [6.45, 7) is 1.42. The van der Waals surface area contributed by atoms with Crippen molar-refractivity contribution in [1.82, 2.24) is 0 Å². The topological polar surface area (TPSA) is 49.5 Å². The molecule has 0 saturated carbocycles. The number of aliphatic hydroxyl groups is 1. The number of hydrogen-bond acceptors (Lipinski definition) is 3. The fourth-order valence-electron chi connectivity index (χ4n) is 2.02. The fourth-order valence-corrected chi connectivity index (χ4v) is 2.54. The van der Waals surface area contributed by atoms with Gasteiger partial charge in [-0.15, -0.1) is 0 Å². The van der Waals surface area contributed by atoms with Crippen molar-refractivity contribution in [3.8, 4) is 0 Å². The quantitative estimate of drug-likeness (QED) is 0.630. The lowest BCUT2D eigenvalue weighted by Gasteiger charge is -2.25. The van der Waals surface area contributed by atoms with Gasteiger partial charge in [-0.25, -0.2) is 0 Å². The third-order valence-corrected chi connectivity index (χ3v) is 3.59. The van der Waals surface area contributed by atoms with E-state index in [0.29, 0.717) is 6.54 Å². The first-order valence-corrected chi connectivity index (χ1v) is 7.23. The Morgan fingerprint density at radius 1 is 1.11 bits per heavy atom. The van der Waals surface area contributed by atoms with Crippen LogP contribution in [0.3, 0.4) is 0 Å². The van der Waals surface area contributed by atoms with E-state index in [4.69, 9.17) is 5.73 Å². The Morgan fingerprint density at radius 3 is 2.47 bits per heavy atom. The van der Waals surface area contributed by atoms with Crippen LogP contribution in [0.2, 0.25) is 0 Å². The second-order valence-corrected chi connectivity index (χ2v) is 5.58. The van der Waals surface area contributed by atoms with E-state index >= 15 is 0 Å². The molecule has 0 atom stereocenters. The van der Waals surface area contributed by atoms with Crippen molar-refractivity contribution >= 4 is 34.0 Å². The highest BCUT2D eigenvalue weighted by Gasteiger charge is 2.10. The van der Waals surface area contributed by atoms with E-state index in [1.807, 2.05) is 36.4 Å². The smallest absolute Gasteiger partial charge is 0.0606 e. The highest BCUT2D eigenvalue weighted by atomic mass is 127. The molecule has 0 fully saturated rings. The molecule has 0 unspecified atom stereocenters. The molecule has 0 aliphatic carbocycles. The van der Waals surface area contributed by atoms with Crippen LogP contribution >= 0.6 is 22.6 Å². The van der Waals surface area contributed by atoms with Crippen LogP contribution < -0.4 is 10.6 Å². The van der Waals surface area contributed by atoms with E-state index in [1.54, 1.807) is 0 Å². The van der Waals surface area contributed by atoms with Crippen LogP contribution in [0.1, 0.15) is 5.56 Å². The zero-order chi connectivity index (χ0) is 13.7. The number of nitrogen functional groups attached to an aromatic ring is 1. The lowest BCUT2D eigenvalue weighted by atomic mass is 10.2. The van der Waals surface area contributed by atoms with Gasteiger partial charge in [-0.3, -0.25) is 0 Å². The van der Waals surface area contributed by atoms with Crippen molar-refractivity contribution in [2.75, 3.05) is 23.8 Å². The molecule has 0 heterocycles. The molecule has 0 amide bonds. The molecule has 2 rings (SSSR count). The van der Waals surface area contributed by atoms with E-state index < -0.39 is 0 Å². The second kappa shape index (κ2) is 6.77. The van der Waals surface area contributed by atoms with Gasteiger partial charge in [-0.2, -0.15) is 0 Å². The van der Waals surface area contributed by atoms with Crippen LogP contribution in [0.25, 0.3) is 0 Å². The standard InChI is InChI=1S/C15H17IN2O/c16-13-6-7-15(14(17)10-13)18(8-9-19)11-12-4-2-1-3-5-12/h1-7,10,19H,8-9,11,17H2. The third kappa shape index (κ3) is 3.84. The summed E-state index contributed by atoms with van der Waals surface area (Å²) in [6, 6.07) is 16.2. The molecule has 0 aliphatic rings. The first kappa shape index (κ1) is 14.1. The molecule has 0 aromatic heterocycles. The van der Waals surface area contributed by atoms with Crippen LogP contribution in [0.5, 0.6) is 0 Å². The van der Waals surface area contributed by atoms with Crippen molar-refractivity contribution in [2.24, 2.45) is 0 Å². The van der Waals surface area contributed by atoms with Gasteiger partial charge in [0.05, 0.1) is 18.0 Å². The van der Waals surface area contributed by atoms with E-state index in [1.165, 1.54) is 5.56 Å². The van der Waals surface area contributed by atoms with Gasteiger partial charge in [-0.05, 0) is 46.4 Å². The maximum absolute atomic E-state index is 9.24. The molecule has 2 aromatic carbocycles. The molecule has 0 saturated heterocycles. The maximum atomic E-state index is 9.24. The number of aliphatic hydroxyl groups excluding tert-OH is 1. The van der Waals surface area contributed by atoms with Crippen molar-refractivity contribution in [2.45, 2.75) is 6.54 Å². The summed E-state index contributed by atoms with van der Waals surface area (Å²) >= 11 is 2.24. The Hall–Kier alpha value is -1.27. The number of benzene rings is 2. The molecule has 3 N–H and O–H groups in total. The van der Waals surface area contributed by atoms with Gasteiger partial charge in [0.15, 0.2) is 0 Å². The van der Waals surface area contributed by atoms with E-state index in [0.717, 1.165) is 21.5 Å². The Bertz CT molecular complexity index is 531. The van der Waals surface area contributed by atoms with Gasteiger partial charge in [0, 0.05) is 16.7 Å².